The van der Waals surface area contributed by atoms with Crippen LogP contribution in [0.25, 0.3) is 5.69 Å². The van der Waals surface area contributed by atoms with Gasteiger partial charge < -0.3 is 15.1 Å². The predicted octanol–water partition coefficient (Wildman–Crippen LogP) is 0.642. The van der Waals surface area contributed by atoms with E-state index in [2.05, 4.69) is 15.1 Å². The van der Waals surface area contributed by atoms with E-state index in [-0.39, 0.29) is 12.3 Å². The summed E-state index contributed by atoms with van der Waals surface area (Å²) in [5.74, 6) is -0.671. The molecule has 1 saturated heterocycles. The summed E-state index contributed by atoms with van der Waals surface area (Å²) in [7, 11) is 0. The molecule has 134 valence electrons. The number of aromatic nitrogens is 3. The Hall–Kier alpha value is -2.45. The predicted molar refractivity (Wildman–Crippen MR) is 93.4 cm³/mol. The Morgan fingerprint density at radius 3 is 2.52 bits per heavy atom. The lowest BCUT2D eigenvalue weighted by molar-refractivity contribution is 0.0690. The molecule has 0 bridgehead atoms. The minimum absolute atomic E-state index is 0.0264. The Bertz CT molecular complexity index is 738. The fourth-order valence-corrected chi connectivity index (χ4v) is 3.09. The van der Waals surface area contributed by atoms with Crippen LogP contribution in [0.5, 0.6) is 0 Å². The summed E-state index contributed by atoms with van der Waals surface area (Å²) in [6, 6.07) is 7.73. The fourth-order valence-electron chi connectivity index (χ4n) is 3.09. The topological polar surface area (TPSA) is 94.7 Å². The molecule has 1 fully saturated rings. The van der Waals surface area contributed by atoms with Crippen LogP contribution in [0.4, 0.5) is 5.82 Å². The zero-order valence-corrected chi connectivity index (χ0v) is 14.3. The van der Waals surface area contributed by atoms with E-state index in [1.165, 1.54) is 4.80 Å². The molecule has 8 nitrogen and oxygen atoms in total. The van der Waals surface area contributed by atoms with Crippen molar-refractivity contribution in [2.75, 3.05) is 44.2 Å². The van der Waals surface area contributed by atoms with Crippen LogP contribution in [0.15, 0.2) is 24.3 Å². The maximum Gasteiger partial charge on any atom is 0.360 e. The number of anilines is 1. The van der Waals surface area contributed by atoms with Crippen LogP contribution < -0.4 is 4.90 Å². The van der Waals surface area contributed by atoms with E-state index < -0.39 is 5.97 Å². The van der Waals surface area contributed by atoms with Gasteiger partial charge in [0.25, 0.3) is 0 Å². The number of aryl methyl sites for hydroxylation is 1. The maximum atomic E-state index is 11.6. The van der Waals surface area contributed by atoms with Gasteiger partial charge in [-0.1, -0.05) is 25.1 Å². The molecule has 0 spiro atoms. The molecule has 0 atom stereocenters. The number of β-amino-alcohol motifs (C(OH)–C–C–N with tert-alkyl or cyclic N) is 1. The highest BCUT2D eigenvalue weighted by molar-refractivity contribution is 5.91. The van der Waals surface area contributed by atoms with E-state index in [0.717, 1.165) is 30.8 Å². The summed E-state index contributed by atoms with van der Waals surface area (Å²) < 4.78 is 0. The number of carbonyl (C=O) groups is 1. The highest BCUT2D eigenvalue weighted by Gasteiger charge is 2.26. The number of aliphatic hydroxyl groups excluding tert-OH is 1. The molecule has 1 aliphatic heterocycles. The van der Waals surface area contributed by atoms with Gasteiger partial charge in [-0.2, -0.15) is 0 Å². The van der Waals surface area contributed by atoms with Crippen molar-refractivity contribution < 1.29 is 15.0 Å². The number of para-hydroxylation sites is 1. The smallest absolute Gasteiger partial charge is 0.360 e. The lowest BCUT2D eigenvalue weighted by Gasteiger charge is -2.34. The number of rotatable bonds is 6. The second kappa shape index (κ2) is 7.62. The molecule has 0 amide bonds. The minimum atomic E-state index is -1.08. The standard InChI is InChI=1S/C17H23N5O3/c1-2-13-5-3-4-6-14(13)22-18-15(17(24)25)16(19-22)21-9-7-20(8-10-21)11-12-23/h3-6,23H,2,7-12H2,1H3,(H,24,25). The Kier molecular flexibility index (Phi) is 5.30. The monoisotopic (exact) mass is 345 g/mol. The van der Waals surface area contributed by atoms with E-state index in [1.54, 1.807) is 0 Å². The summed E-state index contributed by atoms with van der Waals surface area (Å²) in [6.07, 6.45) is 0.815. The number of hydrogen-bond acceptors (Lipinski definition) is 6. The zero-order valence-electron chi connectivity index (χ0n) is 14.3. The third-order valence-corrected chi connectivity index (χ3v) is 4.47. The number of hydrogen-bond donors (Lipinski definition) is 2. The Labute approximate surface area is 146 Å². The van der Waals surface area contributed by atoms with Gasteiger partial charge in [0.15, 0.2) is 5.82 Å². The van der Waals surface area contributed by atoms with E-state index in [4.69, 9.17) is 5.11 Å². The van der Waals surface area contributed by atoms with Crippen molar-refractivity contribution in [2.24, 2.45) is 0 Å². The second-order valence-electron chi connectivity index (χ2n) is 6.00. The molecule has 0 saturated carbocycles. The van der Waals surface area contributed by atoms with Gasteiger partial charge in [0.05, 0.1) is 12.3 Å². The molecule has 25 heavy (non-hydrogen) atoms. The average molecular weight is 345 g/mol. The number of benzene rings is 1. The third kappa shape index (κ3) is 3.64. The summed E-state index contributed by atoms with van der Waals surface area (Å²) in [5, 5.41) is 27.3. The van der Waals surface area contributed by atoms with Crippen molar-refractivity contribution in [2.45, 2.75) is 13.3 Å². The third-order valence-electron chi connectivity index (χ3n) is 4.47. The molecule has 8 heteroatoms. The summed E-state index contributed by atoms with van der Waals surface area (Å²) >= 11 is 0. The normalized spacial score (nSPS) is 15.5. The van der Waals surface area contributed by atoms with Gasteiger partial charge in [-0.15, -0.1) is 15.0 Å². The summed E-state index contributed by atoms with van der Waals surface area (Å²) in [4.78, 5) is 17.2. The highest BCUT2D eigenvalue weighted by Crippen LogP contribution is 2.21. The number of aromatic carboxylic acids is 1. The first-order valence-corrected chi connectivity index (χ1v) is 8.51. The average Bonchev–Trinajstić information content (AvgIpc) is 3.08. The SMILES string of the molecule is CCc1ccccc1-n1nc(C(=O)O)c(N2CCN(CCO)CC2)n1. The molecule has 2 N–H and O–H groups in total. The van der Waals surface area contributed by atoms with Crippen LogP contribution in [-0.2, 0) is 6.42 Å². The molecule has 1 aromatic carbocycles. The van der Waals surface area contributed by atoms with Crippen LogP contribution in [0, 0.1) is 0 Å². The van der Waals surface area contributed by atoms with Gasteiger partial charge >= 0.3 is 5.97 Å². The van der Waals surface area contributed by atoms with E-state index in [9.17, 15) is 9.90 Å². The quantitative estimate of drug-likeness (QED) is 0.793. The van der Waals surface area contributed by atoms with Crippen LogP contribution in [-0.4, -0.2) is 75.4 Å². The van der Waals surface area contributed by atoms with Crippen molar-refractivity contribution in [1.82, 2.24) is 19.9 Å². The number of carboxylic acid groups (broad SMARTS) is 1. The number of carboxylic acids is 1. The molecule has 1 aliphatic rings. The van der Waals surface area contributed by atoms with Crippen molar-refractivity contribution in [3.8, 4) is 5.69 Å². The van der Waals surface area contributed by atoms with E-state index >= 15 is 0 Å². The van der Waals surface area contributed by atoms with Crippen LogP contribution in [0.3, 0.4) is 0 Å². The fraction of sp³-hybridized carbons (Fsp3) is 0.471. The van der Waals surface area contributed by atoms with Crippen molar-refractivity contribution >= 4 is 11.8 Å². The van der Waals surface area contributed by atoms with Crippen molar-refractivity contribution in [3.05, 3.63) is 35.5 Å². The highest BCUT2D eigenvalue weighted by atomic mass is 16.4. The Morgan fingerprint density at radius 1 is 1.16 bits per heavy atom. The zero-order chi connectivity index (χ0) is 17.8. The lowest BCUT2D eigenvalue weighted by atomic mass is 10.1. The Balaban J connectivity index is 1.90. The summed E-state index contributed by atoms with van der Waals surface area (Å²) in [6.45, 7) is 5.65. The van der Waals surface area contributed by atoms with Gasteiger partial charge in [0, 0.05) is 32.7 Å². The lowest BCUT2D eigenvalue weighted by Crippen LogP contribution is -2.47. The van der Waals surface area contributed by atoms with Gasteiger partial charge in [0.1, 0.15) is 0 Å². The number of aliphatic hydroxyl groups is 1. The van der Waals surface area contributed by atoms with E-state index in [0.29, 0.717) is 25.5 Å². The molecule has 1 aromatic heterocycles. The molecule has 2 heterocycles. The molecule has 2 aromatic rings. The largest absolute Gasteiger partial charge is 0.476 e. The van der Waals surface area contributed by atoms with Crippen molar-refractivity contribution in [3.63, 3.8) is 0 Å². The molecule has 3 rings (SSSR count). The Morgan fingerprint density at radius 2 is 1.88 bits per heavy atom. The molecular weight excluding hydrogens is 322 g/mol. The van der Waals surface area contributed by atoms with Gasteiger partial charge in [-0.05, 0) is 18.1 Å². The van der Waals surface area contributed by atoms with E-state index in [1.807, 2.05) is 36.1 Å². The first kappa shape index (κ1) is 17.4. The molecular formula is C17H23N5O3. The molecule has 0 aliphatic carbocycles. The number of nitrogens with zero attached hydrogens (tertiary/aromatic N) is 5. The van der Waals surface area contributed by atoms with Gasteiger partial charge in [0.2, 0.25) is 5.69 Å². The minimum Gasteiger partial charge on any atom is -0.476 e. The first-order valence-electron chi connectivity index (χ1n) is 8.51. The van der Waals surface area contributed by atoms with Gasteiger partial charge in [-0.3, -0.25) is 4.90 Å². The van der Waals surface area contributed by atoms with Crippen LogP contribution in [0.2, 0.25) is 0 Å². The van der Waals surface area contributed by atoms with Gasteiger partial charge in [-0.25, -0.2) is 4.79 Å². The first-order chi connectivity index (χ1) is 12.1. The van der Waals surface area contributed by atoms with Crippen LogP contribution >= 0.6 is 0 Å². The number of piperazine rings is 1. The summed E-state index contributed by atoms with van der Waals surface area (Å²) in [5.41, 5.74) is 1.84. The molecule has 0 radical (unpaired) electrons. The van der Waals surface area contributed by atoms with Crippen LogP contribution in [0.1, 0.15) is 23.0 Å². The van der Waals surface area contributed by atoms with Crippen molar-refractivity contribution in [1.29, 1.82) is 0 Å². The maximum absolute atomic E-state index is 11.6. The molecule has 0 unspecified atom stereocenters. The second-order valence-corrected chi connectivity index (χ2v) is 6.00.